The Morgan fingerprint density at radius 3 is 2.48 bits per heavy atom. The van der Waals surface area contributed by atoms with Crippen LogP contribution in [0, 0.1) is 3.57 Å². The Morgan fingerprint density at radius 1 is 1.04 bits per heavy atom. The van der Waals surface area contributed by atoms with E-state index in [0.717, 1.165) is 26.0 Å². The van der Waals surface area contributed by atoms with Crippen LogP contribution in [0.3, 0.4) is 0 Å². The SMILES string of the molecule is CCOC(=O)c1cnn2c(-c3ccccc3)c(-c3ccc(I)cc3)cnc12. The van der Waals surface area contributed by atoms with Crippen LogP contribution in [-0.2, 0) is 4.74 Å². The molecule has 0 saturated heterocycles. The van der Waals surface area contributed by atoms with Crippen LogP contribution in [0.15, 0.2) is 67.0 Å². The van der Waals surface area contributed by atoms with Gasteiger partial charge >= 0.3 is 5.97 Å². The summed E-state index contributed by atoms with van der Waals surface area (Å²) in [4.78, 5) is 16.8. The number of fused-ring (bicyclic) bond motifs is 1. The van der Waals surface area contributed by atoms with Crippen molar-refractivity contribution in [1.82, 2.24) is 14.6 Å². The first-order chi connectivity index (χ1) is 13.2. The van der Waals surface area contributed by atoms with E-state index in [9.17, 15) is 4.79 Å². The average molecular weight is 469 g/mol. The quantitative estimate of drug-likeness (QED) is 0.317. The van der Waals surface area contributed by atoms with Crippen molar-refractivity contribution in [2.24, 2.45) is 0 Å². The van der Waals surface area contributed by atoms with E-state index < -0.39 is 5.97 Å². The molecule has 0 N–H and O–H groups in total. The molecule has 0 amide bonds. The van der Waals surface area contributed by atoms with Crippen LogP contribution in [0.1, 0.15) is 17.3 Å². The van der Waals surface area contributed by atoms with Gasteiger partial charge in [-0.1, -0.05) is 42.5 Å². The van der Waals surface area contributed by atoms with Crippen LogP contribution in [-0.4, -0.2) is 27.2 Å². The van der Waals surface area contributed by atoms with Crippen LogP contribution in [0.5, 0.6) is 0 Å². The van der Waals surface area contributed by atoms with Crippen molar-refractivity contribution in [3.05, 3.63) is 76.1 Å². The molecule has 4 rings (SSSR count). The molecule has 0 spiro atoms. The van der Waals surface area contributed by atoms with Crippen LogP contribution in [0.4, 0.5) is 0 Å². The minimum atomic E-state index is -0.416. The fourth-order valence-corrected chi connectivity index (χ4v) is 3.36. The van der Waals surface area contributed by atoms with E-state index in [0.29, 0.717) is 17.8 Å². The highest BCUT2D eigenvalue weighted by Gasteiger charge is 2.20. The summed E-state index contributed by atoms with van der Waals surface area (Å²) in [6, 6.07) is 18.2. The van der Waals surface area contributed by atoms with E-state index in [2.05, 4.69) is 56.9 Å². The number of carbonyl (C=O) groups excluding carboxylic acids is 1. The zero-order valence-electron chi connectivity index (χ0n) is 14.6. The second-order valence-corrected chi connectivity index (χ2v) is 7.15. The Bertz CT molecular complexity index is 1110. The largest absolute Gasteiger partial charge is 0.462 e. The van der Waals surface area contributed by atoms with Gasteiger partial charge in [-0.2, -0.15) is 5.10 Å². The number of rotatable bonds is 4. The van der Waals surface area contributed by atoms with Gasteiger partial charge in [-0.3, -0.25) is 0 Å². The summed E-state index contributed by atoms with van der Waals surface area (Å²) < 4.78 is 8.01. The number of aromatic nitrogens is 3. The molecule has 0 saturated carbocycles. The minimum absolute atomic E-state index is 0.308. The molecule has 0 aliphatic rings. The summed E-state index contributed by atoms with van der Waals surface area (Å²) in [5.74, 6) is -0.416. The number of nitrogens with zero attached hydrogens (tertiary/aromatic N) is 3. The topological polar surface area (TPSA) is 56.5 Å². The number of halogens is 1. The fraction of sp³-hybridized carbons (Fsp3) is 0.0952. The van der Waals surface area contributed by atoms with E-state index >= 15 is 0 Å². The Hall–Kier alpha value is -2.74. The Kier molecular flexibility index (Phi) is 4.89. The maximum Gasteiger partial charge on any atom is 0.343 e. The number of hydrogen-bond acceptors (Lipinski definition) is 4. The van der Waals surface area contributed by atoms with E-state index in [1.807, 2.05) is 30.3 Å². The van der Waals surface area contributed by atoms with E-state index in [1.165, 1.54) is 6.20 Å². The average Bonchev–Trinajstić information content (AvgIpc) is 3.13. The second kappa shape index (κ2) is 7.48. The highest BCUT2D eigenvalue weighted by Crippen LogP contribution is 2.32. The zero-order chi connectivity index (χ0) is 18.8. The maximum absolute atomic E-state index is 12.2. The summed E-state index contributed by atoms with van der Waals surface area (Å²) in [6.07, 6.45) is 3.31. The maximum atomic E-state index is 12.2. The van der Waals surface area contributed by atoms with E-state index in [1.54, 1.807) is 17.6 Å². The van der Waals surface area contributed by atoms with E-state index in [4.69, 9.17) is 4.74 Å². The third-order valence-electron chi connectivity index (χ3n) is 4.22. The molecule has 0 aliphatic heterocycles. The fourth-order valence-electron chi connectivity index (χ4n) is 3.00. The van der Waals surface area contributed by atoms with Crippen LogP contribution in [0.2, 0.25) is 0 Å². The highest BCUT2D eigenvalue weighted by atomic mass is 127. The minimum Gasteiger partial charge on any atom is -0.462 e. The Morgan fingerprint density at radius 2 is 1.78 bits per heavy atom. The molecule has 4 aromatic rings. The number of esters is 1. The molecule has 6 heteroatoms. The van der Waals surface area contributed by atoms with E-state index in [-0.39, 0.29) is 0 Å². The second-order valence-electron chi connectivity index (χ2n) is 5.91. The summed E-state index contributed by atoms with van der Waals surface area (Å²) in [5, 5.41) is 4.45. The van der Waals surface area contributed by atoms with Gasteiger partial charge in [0.1, 0.15) is 5.56 Å². The van der Waals surface area contributed by atoms with Crippen LogP contribution >= 0.6 is 22.6 Å². The first-order valence-electron chi connectivity index (χ1n) is 8.54. The lowest BCUT2D eigenvalue weighted by Gasteiger charge is -2.12. The predicted molar refractivity (Wildman–Crippen MR) is 113 cm³/mol. The first kappa shape index (κ1) is 17.7. The highest BCUT2D eigenvalue weighted by molar-refractivity contribution is 14.1. The van der Waals surface area contributed by atoms with Crippen molar-refractivity contribution < 1.29 is 9.53 Å². The van der Waals surface area contributed by atoms with Gasteiger partial charge in [-0.05, 0) is 47.2 Å². The van der Waals surface area contributed by atoms with Gasteiger partial charge in [0.05, 0.1) is 18.5 Å². The number of ether oxygens (including phenoxy) is 1. The Labute approximate surface area is 170 Å². The molecule has 134 valence electrons. The smallest absolute Gasteiger partial charge is 0.343 e. The standard InChI is InChI=1S/C21H16IN3O2/c1-2-27-21(26)18-13-24-25-19(15-6-4-3-5-7-15)17(12-23-20(18)25)14-8-10-16(22)11-9-14/h3-13H,2H2,1H3. The molecule has 0 bridgehead atoms. The molecule has 2 aromatic heterocycles. The lowest BCUT2D eigenvalue weighted by atomic mass is 10.0. The van der Waals surface area contributed by atoms with Gasteiger partial charge in [0.25, 0.3) is 0 Å². The van der Waals surface area contributed by atoms with Gasteiger partial charge in [0.2, 0.25) is 0 Å². The van der Waals surface area contributed by atoms with Crippen LogP contribution in [0.25, 0.3) is 28.0 Å². The molecule has 2 heterocycles. The van der Waals surface area contributed by atoms with Crippen molar-refractivity contribution >= 4 is 34.2 Å². The molecule has 0 unspecified atom stereocenters. The van der Waals surface area contributed by atoms with Gasteiger partial charge in [0, 0.05) is 20.9 Å². The number of hydrogen-bond donors (Lipinski definition) is 0. The molecular formula is C21H16IN3O2. The summed E-state index contributed by atoms with van der Waals surface area (Å²) >= 11 is 2.28. The summed E-state index contributed by atoms with van der Waals surface area (Å²) in [7, 11) is 0. The molecule has 0 radical (unpaired) electrons. The molecule has 0 atom stereocenters. The molecular weight excluding hydrogens is 453 g/mol. The van der Waals surface area contributed by atoms with Crippen molar-refractivity contribution in [2.75, 3.05) is 6.61 Å². The lowest BCUT2D eigenvalue weighted by molar-refractivity contribution is 0.0528. The van der Waals surface area contributed by atoms with Crippen LogP contribution < -0.4 is 0 Å². The number of carbonyl (C=O) groups is 1. The van der Waals surface area contributed by atoms with Gasteiger partial charge in [-0.25, -0.2) is 14.3 Å². The van der Waals surface area contributed by atoms with Gasteiger partial charge in [0.15, 0.2) is 5.65 Å². The summed E-state index contributed by atoms with van der Waals surface area (Å²) in [6.45, 7) is 2.09. The van der Waals surface area contributed by atoms with Gasteiger partial charge < -0.3 is 4.74 Å². The van der Waals surface area contributed by atoms with Crippen molar-refractivity contribution in [3.8, 4) is 22.4 Å². The van der Waals surface area contributed by atoms with Crippen molar-refractivity contribution in [2.45, 2.75) is 6.92 Å². The monoisotopic (exact) mass is 469 g/mol. The van der Waals surface area contributed by atoms with Gasteiger partial charge in [-0.15, -0.1) is 0 Å². The molecule has 2 aromatic carbocycles. The van der Waals surface area contributed by atoms with Crippen molar-refractivity contribution in [3.63, 3.8) is 0 Å². The predicted octanol–water partition coefficient (Wildman–Crippen LogP) is 4.84. The zero-order valence-corrected chi connectivity index (χ0v) is 16.8. The lowest BCUT2D eigenvalue weighted by Crippen LogP contribution is -2.06. The molecule has 27 heavy (non-hydrogen) atoms. The third-order valence-corrected chi connectivity index (χ3v) is 4.94. The van der Waals surface area contributed by atoms with Crippen molar-refractivity contribution in [1.29, 1.82) is 0 Å². The number of benzene rings is 2. The molecule has 0 aliphatic carbocycles. The summed E-state index contributed by atoms with van der Waals surface area (Å²) in [5.41, 5.74) is 4.72. The normalized spacial score (nSPS) is 10.9. The first-order valence-corrected chi connectivity index (χ1v) is 9.62. The molecule has 5 nitrogen and oxygen atoms in total. The molecule has 0 fully saturated rings. The third kappa shape index (κ3) is 3.32. The Balaban J connectivity index is 1.99.